The molecule has 6 heteroatoms. The van der Waals surface area contributed by atoms with Crippen molar-refractivity contribution >= 4 is 12.1 Å². The molecule has 1 rings (SSSR count). The molecule has 0 N–H and O–H groups in total. The summed E-state index contributed by atoms with van der Waals surface area (Å²) in [6.07, 6.45) is 1.15. The number of ether oxygens (including phenoxy) is 2. The van der Waals surface area contributed by atoms with E-state index in [0.717, 1.165) is 6.42 Å². The standard InChI is InChI=1S/C18H32FNO4/c1-8-9-18(14(21)23-7)10-13(17(5,6)19)11-20(12-18)15(22)24-16(2,3)4/h13H,8-12H2,1-7H3. The van der Waals surface area contributed by atoms with Crippen molar-refractivity contribution in [2.75, 3.05) is 20.2 Å². The summed E-state index contributed by atoms with van der Waals surface area (Å²) in [7, 11) is 1.34. The van der Waals surface area contributed by atoms with Gasteiger partial charge in [-0.2, -0.15) is 0 Å². The zero-order valence-electron chi connectivity index (χ0n) is 16.1. The molecule has 0 aliphatic carbocycles. The Balaban J connectivity index is 3.17. The van der Waals surface area contributed by atoms with E-state index in [1.165, 1.54) is 25.9 Å². The molecule has 0 aromatic carbocycles. The van der Waals surface area contributed by atoms with Crippen LogP contribution < -0.4 is 0 Å². The van der Waals surface area contributed by atoms with Gasteiger partial charge in [0.05, 0.1) is 12.5 Å². The molecule has 0 spiro atoms. The predicted molar refractivity (Wildman–Crippen MR) is 90.5 cm³/mol. The molecule has 0 radical (unpaired) electrons. The van der Waals surface area contributed by atoms with Crippen LogP contribution in [0.15, 0.2) is 0 Å². The number of likely N-dealkylation sites (tertiary alicyclic amines) is 1. The highest BCUT2D eigenvalue weighted by molar-refractivity contribution is 5.79. The smallest absolute Gasteiger partial charge is 0.410 e. The minimum Gasteiger partial charge on any atom is -0.469 e. The fraction of sp³-hybridized carbons (Fsp3) is 0.889. The summed E-state index contributed by atoms with van der Waals surface area (Å²) in [5, 5.41) is 0. The maximum absolute atomic E-state index is 14.7. The molecule has 24 heavy (non-hydrogen) atoms. The average Bonchev–Trinajstić information content (AvgIpc) is 2.43. The van der Waals surface area contributed by atoms with Gasteiger partial charge in [-0.05, 0) is 47.5 Å². The zero-order chi connectivity index (χ0) is 18.8. The molecule has 0 bridgehead atoms. The highest BCUT2D eigenvalue weighted by atomic mass is 19.1. The largest absolute Gasteiger partial charge is 0.469 e. The average molecular weight is 345 g/mol. The molecule has 0 saturated carbocycles. The number of rotatable bonds is 4. The van der Waals surface area contributed by atoms with Crippen molar-refractivity contribution < 1.29 is 23.5 Å². The quantitative estimate of drug-likeness (QED) is 0.724. The Morgan fingerprint density at radius 1 is 1.25 bits per heavy atom. The highest BCUT2D eigenvalue weighted by Gasteiger charge is 2.51. The van der Waals surface area contributed by atoms with E-state index in [1.807, 2.05) is 6.92 Å². The molecule has 1 aliphatic heterocycles. The van der Waals surface area contributed by atoms with Crippen LogP contribution in [0.25, 0.3) is 0 Å². The Bertz CT molecular complexity index is 467. The minimum absolute atomic E-state index is 0.203. The molecular formula is C18H32FNO4. The van der Waals surface area contributed by atoms with Crippen molar-refractivity contribution in [1.82, 2.24) is 4.90 Å². The van der Waals surface area contributed by atoms with Gasteiger partial charge in [0, 0.05) is 19.0 Å². The van der Waals surface area contributed by atoms with Gasteiger partial charge in [0.15, 0.2) is 0 Å². The molecule has 5 nitrogen and oxygen atoms in total. The third-order valence-corrected chi connectivity index (χ3v) is 4.54. The van der Waals surface area contributed by atoms with Crippen molar-refractivity contribution in [2.45, 2.75) is 72.1 Å². The van der Waals surface area contributed by atoms with Gasteiger partial charge in [-0.25, -0.2) is 9.18 Å². The third-order valence-electron chi connectivity index (χ3n) is 4.54. The van der Waals surface area contributed by atoms with Crippen molar-refractivity contribution in [3.05, 3.63) is 0 Å². The van der Waals surface area contributed by atoms with E-state index in [1.54, 1.807) is 20.8 Å². The molecule has 2 atom stereocenters. The van der Waals surface area contributed by atoms with Gasteiger partial charge in [0.1, 0.15) is 11.3 Å². The minimum atomic E-state index is -1.51. The van der Waals surface area contributed by atoms with Gasteiger partial charge in [-0.15, -0.1) is 0 Å². The van der Waals surface area contributed by atoms with E-state index in [0.29, 0.717) is 12.8 Å². The van der Waals surface area contributed by atoms with E-state index >= 15 is 0 Å². The lowest BCUT2D eigenvalue weighted by atomic mass is 9.69. The maximum atomic E-state index is 14.7. The van der Waals surface area contributed by atoms with Crippen molar-refractivity contribution in [2.24, 2.45) is 11.3 Å². The number of nitrogens with zero attached hydrogens (tertiary/aromatic N) is 1. The van der Waals surface area contributed by atoms with Crippen LogP contribution in [0, 0.1) is 11.3 Å². The van der Waals surface area contributed by atoms with Gasteiger partial charge >= 0.3 is 12.1 Å². The van der Waals surface area contributed by atoms with Crippen LogP contribution in [-0.4, -0.2) is 48.4 Å². The molecular weight excluding hydrogens is 313 g/mol. The highest BCUT2D eigenvalue weighted by Crippen LogP contribution is 2.43. The SMILES string of the molecule is CCCC1(C(=O)OC)CC(C(C)(C)F)CN(C(=O)OC(C)(C)C)C1. The number of hydrogen-bond donors (Lipinski definition) is 0. The first kappa shape index (κ1) is 20.7. The van der Waals surface area contributed by atoms with Gasteiger partial charge in [0.2, 0.25) is 0 Å². The number of piperidine rings is 1. The first-order chi connectivity index (χ1) is 10.8. The summed E-state index contributed by atoms with van der Waals surface area (Å²) in [4.78, 5) is 26.5. The second kappa shape index (κ2) is 7.28. The van der Waals surface area contributed by atoms with E-state index in [9.17, 15) is 14.0 Å². The number of amides is 1. The third kappa shape index (κ3) is 5.08. The number of alkyl halides is 1. The van der Waals surface area contributed by atoms with Crippen LogP contribution in [0.2, 0.25) is 0 Å². The lowest BCUT2D eigenvalue weighted by molar-refractivity contribution is -0.160. The summed E-state index contributed by atoms with van der Waals surface area (Å²) in [6, 6.07) is 0. The molecule has 2 unspecified atom stereocenters. The van der Waals surface area contributed by atoms with Crippen LogP contribution in [0.1, 0.15) is 60.8 Å². The van der Waals surface area contributed by atoms with Crippen LogP contribution in [0.3, 0.4) is 0 Å². The number of esters is 1. The van der Waals surface area contributed by atoms with Gasteiger partial charge in [0.25, 0.3) is 0 Å². The zero-order valence-corrected chi connectivity index (χ0v) is 16.1. The first-order valence-electron chi connectivity index (χ1n) is 8.60. The second-order valence-electron chi connectivity index (χ2n) is 8.35. The molecule has 1 saturated heterocycles. The van der Waals surface area contributed by atoms with Crippen LogP contribution >= 0.6 is 0 Å². The van der Waals surface area contributed by atoms with Crippen LogP contribution in [-0.2, 0) is 14.3 Å². The normalized spacial score (nSPS) is 25.3. The summed E-state index contributed by atoms with van der Waals surface area (Å²) >= 11 is 0. The molecule has 1 heterocycles. The van der Waals surface area contributed by atoms with Crippen molar-refractivity contribution in [3.8, 4) is 0 Å². The topological polar surface area (TPSA) is 55.8 Å². The summed E-state index contributed by atoms with van der Waals surface area (Å²) in [5.74, 6) is -0.837. The fourth-order valence-corrected chi connectivity index (χ4v) is 3.35. The Labute approximate surface area is 144 Å². The Morgan fingerprint density at radius 2 is 1.83 bits per heavy atom. The lowest BCUT2D eigenvalue weighted by Gasteiger charge is -2.47. The van der Waals surface area contributed by atoms with Crippen LogP contribution in [0.5, 0.6) is 0 Å². The van der Waals surface area contributed by atoms with Gasteiger partial charge in [-0.3, -0.25) is 4.79 Å². The number of methoxy groups -OCH3 is 1. The Hall–Kier alpha value is -1.33. The lowest BCUT2D eigenvalue weighted by Crippen LogP contribution is -2.57. The molecule has 1 aliphatic rings. The van der Waals surface area contributed by atoms with E-state index in [4.69, 9.17) is 9.47 Å². The van der Waals surface area contributed by atoms with E-state index in [2.05, 4.69) is 0 Å². The number of carbonyl (C=O) groups is 2. The van der Waals surface area contributed by atoms with Crippen molar-refractivity contribution in [3.63, 3.8) is 0 Å². The van der Waals surface area contributed by atoms with E-state index in [-0.39, 0.29) is 19.1 Å². The van der Waals surface area contributed by atoms with Gasteiger partial charge in [-0.1, -0.05) is 13.3 Å². The van der Waals surface area contributed by atoms with Crippen molar-refractivity contribution in [1.29, 1.82) is 0 Å². The van der Waals surface area contributed by atoms with E-state index < -0.39 is 28.7 Å². The molecule has 1 fully saturated rings. The fourth-order valence-electron chi connectivity index (χ4n) is 3.35. The van der Waals surface area contributed by atoms with Crippen LogP contribution in [0.4, 0.5) is 9.18 Å². The summed E-state index contributed by atoms with van der Waals surface area (Å²) in [6.45, 7) is 10.7. The number of hydrogen-bond acceptors (Lipinski definition) is 4. The Morgan fingerprint density at radius 3 is 2.25 bits per heavy atom. The summed E-state index contributed by atoms with van der Waals surface area (Å²) in [5.41, 5.74) is -3.03. The predicted octanol–water partition coefficient (Wildman–Crippen LogP) is 3.95. The summed E-state index contributed by atoms with van der Waals surface area (Å²) < 4.78 is 25.1. The number of carbonyl (C=O) groups excluding carboxylic acids is 2. The molecule has 140 valence electrons. The molecule has 1 amide bonds. The second-order valence-corrected chi connectivity index (χ2v) is 8.35. The Kier molecular flexibility index (Phi) is 6.28. The first-order valence-corrected chi connectivity index (χ1v) is 8.60. The monoisotopic (exact) mass is 345 g/mol. The number of halogens is 1. The molecule has 0 aromatic heterocycles. The van der Waals surface area contributed by atoms with Gasteiger partial charge < -0.3 is 14.4 Å². The molecule has 0 aromatic rings. The maximum Gasteiger partial charge on any atom is 0.410 e.